The lowest BCUT2D eigenvalue weighted by Gasteiger charge is -2.10. The summed E-state index contributed by atoms with van der Waals surface area (Å²) in [5.74, 6) is 0.586. The first-order chi connectivity index (χ1) is 6.50. The van der Waals surface area contributed by atoms with Crippen molar-refractivity contribution in [2.45, 2.75) is 19.9 Å². The maximum absolute atomic E-state index is 11.4. The quantitative estimate of drug-likeness (QED) is 0.841. The van der Waals surface area contributed by atoms with Crippen LogP contribution in [0.3, 0.4) is 0 Å². The fourth-order valence-electron chi connectivity index (χ4n) is 1.05. The summed E-state index contributed by atoms with van der Waals surface area (Å²) in [5.41, 5.74) is 6.35. The molecule has 1 heterocycles. The van der Waals surface area contributed by atoms with Crippen molar-refractivity contribution in [3.05, 3.63) is 28.2 Å². The van der Waals surface area contributed by atoms with Gasteiger partial charge in [0.15, 0.2) is 0 Å². The molecule has 0 aliphatic heterocycles. The smallest absolute Gasteiger partial charge is 0.254 e. The molecule has 1 atom stereocenters. The highest BCUT2D eigenvalue weighted by atomic mass is 35.5. The molecular weight excluding hydrogens is 216 g/mol. The summed E-state index contributed by atoms with van der Waals surface area (Å²) in [6, 6.07) is 3.26. The van der Waals surface area contributed by atoms with Crippen LogP contribution in [-0.2, 0) is 7.05 Å². The molecule has 2 N–H and O–H groups in total. The molecule has 0 amide bonds. The molecule has 0 fully saturated rings. The minimum Gasteiger partial charge on any atom is -0.492 e. The second-order valence-electron chi connectivity index (χ2n) is 3.52. The number of aromatic nitrogens is 1. The Bertz CT molecular complexity index is 374. The Labute approximate surface area is 95.5 Å². The Morgan fingerprint density at radius 3 is 2.60 bits per heavy atom. The lowest BCUT2D eigenvalue weighted by Crippen LogP contribution is -2.25. The fraction of sp³-hybridized carbons (Fsp3) is 0.500. The molecule has 0 aliphatic carbocycles. The topological polar surface area (TPSA) is 57.2 Å². The van der Waals surface area contributed by atoms with Gasteiger partial charge in [0.2, 0.25) is 0 Å². The second-order valence-corrected chi connectivity index (χ2v) is 3.52. The monoisotopic (exact) mass is 232 g/mol. The van der Waals surface area contributed by atoms with Gasteiger partial charge in [-0.05, 0) is 19.9 Å². The van der Waals surface area contributed by atoms with E-state index in [-0.39, 0.29) is 24.0 Å². The molecule has 1 aromatic rings. The molecule has 0 saturated heterocycles. The third kappa shape index (κ3) is 3.93. The van der Waals surface area contributed by atoms with Gasteiger partial charge in [-0.2, -0.15) is 0 Å². The van der Waals surface area contributed by atoms with Crippen LogP contribution in [0.15, 0.2) is 16.9 Å². The van der Waals surface area contributed by atoms with E-state index in [2.05, 4.69) is 0 Å². The molecule has 15 heavy (non-hydrogen) atoms. The fourth-order valence-corrected chi connectivity index (χ4v) is 1.05. The van der Waals surface area contributed by atoms with E-state index in [0.717, 1.165) is 5.69 Å². The summed E-state index contributed by atoms with van der Waals surface area (Å²) in [6.07, 6.45) is 0. The van der Waals surface area contributed by atoms with Crippen molar-refractivity contribution >= 4 is 12.4 Å². The van der Waals surface area contributed by atoms with Crippen LogP contribution in [0.4, 0.5) is 0 Å². The van der Waals surface area contributed by atoms with Gasteiger partial charge in [0.25, 0.3) is 5.56 Å². The summed E-state index contributed by atoms with van der Waals surface area (Å²) < 4.78 is 6.91. The molecule has 0 aromatic carbocycles. The van der Waals surface area contributed by atoms with Crippen LogP contribution in [0.25, 0.3) is 0 Å². The molecule has 0 radical (unpaired) electrons. The van der Waals surface area contributed by atoms with Crippen LogP contribution in [0.2, 0.25) is 0 Å². The number of rotatable bonds is 3. The Balaban J connectivity index is 0.00000196. The van der Waals surface area contributed by atoms with E-state index >= 15 is 0 Å². The van der Waals surface area contributed by atoms with E-state index in [1.165, 1.54) is 6.07 Å². The predicted molar refractivity (Wildman–Crippen MR) is 62.8 cm³/mol. The lowest BCUT2D eigenvalue weighted by atomic mass is 10.3. The third-order valence-corrected chi connectivity index (χ3v) is 1.99. The van der Waals surface area contributed by atoms with Gasteiger partial charge >= 0.3 is 0 Å². The molecule has 5 heteroatoms. The van der Waals surface area contributed by atoms with Gasteiger partial charge in [-0.15, -0.1) is 12.4 Å². The average molecular weight is 233 g/mol. The zero-order valence-corrected chi connectivity index (χ0v) is 10.0. The van der Waals surface area contributed by atoms with E-state index in [4.69, 9.17) is 10.5 Å². The number of halogens is 1. The first kappa shape index (κ1) is 14.0. The average Bonchev–Trinajstić information content (AvgIpc) is 2.10. The second kappa shape index (κ2) is 5.78. The van der Waals surface area contributed by atoms with Crippen molar-refractivity contribution in [1.82, 2.24) is 4.57 Å². The number of nitrogens with zero attached hydrogens (tertiary/aromatic N) is 1. The van der Waals surface area contributed by atoms with Gasteiger partial charge < -0.3 is 15.0 Å². The molecule has 1 unspecified atom stereocenters. The SMILES string of the molecule is Cc1cc(OCC(C)N)cc(=O)n1C.Cl. The van der Waals surface area contributed by atoms with E-state index in [0.29, 0.717) is 12.4 Å². The van der Waals surface area contributed by atoms with Gasteiger partial charge in [0.05, 0.1) is 0 Å². The van der Waals surface area contributed by atoms with Crippen LogP contribution in [0.1, 0.15) is 12.6 Å². The Morgan fingerprint density at radius 1 is 1.53 bits per heavy atom. The maximum Gasteiger partial charge on any atom is 0.254 e. The first-order valence-electron chi connectivity index (χ1n) is 4.56. The summed E-state index contributed by atoms with van der Waals surface area (Å²) in [6.45, 7) is 4.14. The van der Waals surface area contributed by atoms with Crippen molar-refractivity contribution in [1.29, 1.82) is 0 Å². The highest BCUT2D eigenvalue weighted by molar-refractivity contribution is 5.85. The minimum absolute atomic E-state index is 0. The van der Waals surface area contributed by atoms with E-state index in [1.54, 1.807) is 11.6 Å². The van der Waals surface area contributed by atoms with Gasteiger partial charge in [0, 0.05) is 24.8 Å². The van der Waals surface area contributed by atoms with Crippen molar-refractivity contribution in [3.63, 3.8) is 0 Å². The first-order valence-corrected chi connectivity index (χ1v) is 4.56. The summed E-state index contributed by atoms with van der Waals surface area (Å²) in [5, 5.41) is 0. The van der Waals surface area contributed by atoms with Crippen LogP contribution < -0.4 is 16.0 Å². The number of hydrogen-bond donors (Lipinski definition) is 1. The molecule has 1 aromatic heterocycles. The van der Waals surface area contributed by atoms with E-state index < -0.39 is 0 Å². The van der Waals surface area contributed by atoms with Gasteiger partial charge in [-0.3, -0.25) is 4.79 Å². The molecule has 0 spiro atoms. The van der Waals surface area contributed by atoms with Gasteiger partial charge in [0.1, 0.15) is 12.4 Å². The van der Waals surface area contributed by atoms with Crippen molar-refractivity contribution in [2.75, 3.05) is 6.61 Å². The number of ether oxygens (including phenoxy) is 1. The predicted octanol–water partition coefficient (Wildman–Crippen LogP) is 0.842. The Kier molecular flexibility index (Phi) is 5.39. The normalized spacial score (nSPS) is 11.7. The molecule has 1 rings (SSSR count). The molecule has 4 nitrogen and oxygen atoms in total. The molecule has 0 aliphatic rings. The number of aryl methyl sites for hydroxylation is 1. The summed E-state index contributed by atoms with van der Waals surface area (Å²) in [7, 11) is 1.73. The number of pyridine rings is 1. The largest absolute Gasteiger partial charge is 0.492 e. The van der Waals surface area contributed by atoms with E-state index in [1.807, 2.05) is 19.9 Å². The zero-order chi connectivity index (χ0) is 10.7. The highest BCUT2D eigenvalue weighted by Gasteiger charge is 2.01. The Hall–Kier alpha value is -1.00. The van der Waals surface area contributed by atoms with Crippen LogP contribution in [0, 0.1) is 6.92 Å². The molecule has 0 saturated carbocycles. The van der Waals surface area contributed by atoms with Crippen molar-refractivity contribution < 1.29 is 4.74 Å². The standard InChI is InChI=1S/C10H16N2O2.ClH/c1-7(11)6-14-9-4-8(2)12(3)10(13)5-9;/h4-5,7H,6,11H2,1-3H3;1H. The highest BCUT2D eigenvalue weighted by Crippen LogP contribution is 2.08. The van der Waals surface area contributed by atoms with Crippen LogP contribution in [-0.4, -0.2) is 17.2 Å². The Morgan fingerprint density at radius 2 is 2.13 bits per heavy atom. The number of nitrogens with two attached hydrogens (primary N) is 1. The lowest BCUT2D eigenvalue weighted by molar-refractivity contribution is 0.295. The minimum atomic E-state index is -0.0651. The maximum atomic E-state index is 11.4. The number of hydrogen-bond acceptors (Lipinski definition) is 3. The molecule has 86 valence electrons. The zero-order valence-electron chi connectivity index (χ0n) is 9.19. The van der Waals surface area contributed by atoms with Crippen molar-refractivity contribution in [2.24, 2.45) is 12.8 Å². The van der Waals surface area contributed by atoms with Gasteiger partial charge in [-0.1, -0.05) is 0 Å². The van der Waals surface area contributed by atoms with Gasteiger partial charge in [-0.25, -0.2) is 0 Å². The van der Waals surface area contributed by atoms with E-state index in [9.17, 15) is 4.79 Å². The van der Waals surface area contributed by atoms with Crippen LogP contribution >= 0.6 is 12.4 Å². The van der Waals surface area contributed by atoms with Crippen molar-refractivity contribution in [3.8, 4) is 5.75 Å². The molecule has 0 bridgehead atoms. The third-order valence-electron chi connectivity index (χ3n) is 1.99. The summed E-state index contributed by atoms with van der Waals surface area (Å²) >= 11 is 0. The molecular formula is C10H17ClN2O2. The van der Waals surface area contributed by atoms with Crippen LogP contribution in [0.5, 0.6) is 5.75 Å². The summed E-state index contributed by atoms with van der Waals surface area (Å²) in [4.78, 5) is 11.4.